The number of hydrogen-bond acceptors (Lipinski definition) is 9. The molecule has 9 aromatic rings. The van der Waals surface area contributed by atoms with E-state index in [1.165, 1.54) is 112 Å². The number of halogens is 3. The van der Waals surface area contributed by atoms with E-state index in [9.17, 15) is 28.5 Å². The van der Waals surface area contributed by atoms with Crippen LogP contribution < -0.4 is 0 Å². The summed E-state index contributed by atoms with van der Waals surface area (Å²) in [6.45, 7) is 9.08. The van der Waals surface area contributed by atoms with Crippen LogP contribution in [-0.2, 0) is 81.4 Å². The Morgan fingerprint density at radius 1 is 0.485 bits per heavy atom. The molecule has 3 aromatic heterocycles. The van der Waals surface area contributed by atoms with Crippen LogP contribution in [0.2, 0.25) is 0 Å². The average Bonchev–Trinajstić information content (AvgIpc) is 1.75. The van der Waals surface area contributed by atoms with E-state index in [4.69, 9.17) is 11.5 Å². The summed E-state index contributed by atoms with van der Waals surface area (Å²) in [5, 5.41) is 47.6. The van der Waals surface area contributed by atoms with Crippen molar-refractivity contribution in [2.75, 3.05) is 13.2 Å². The zero-order valence-corrected chi connectivity index (χ0v) is 58.8. The Bertz CT molecular complexity index is 3950. The first kappa shape index (κ1) is 72.8. The Morgan fingerprint density at radius 3 is 1.24 bits per heavy atom. The fourth-order valence-electron chi connectivity index (χ4n) is 18.0. The number of ether oxygens (including phenoxy) is 1. The van der Waals surface area contributed by atoms with Gasteiger partial charge in [0.25, 0.3) is 0 Å². The van der Waals surface area contributed by atoms with Crippen molar-refractivity contribution >= 4 is 6.08 Å². The molecule has 3 saturated carbocycles. The average molecular weight is 1530 g/mol. The minimum absolute atomic E-state index is 0. The van der Waals surface area contributed by atoms with E-state index < -0.39 is 18.5 Å². The summed E-state index contributed by atoms with van der Waals surface area (Å²) in [5.74, 6) is 1.17. The van der Waals surface area contributed by atoms with Crippen molar-refractivity contribution in [1.82, 2.24) is 29.3 Å². The molecule has 528 valence electrons. The van der Waals surface area contributed by atoms with Crippen LogP contribution in [-0.4, -0.2) is 76.2 Å². The molecule has 16 rings (SSSR count). The number of rotatable bonds is 12. The molecule has 7 aliphatic rings. The van der Waals surface area contributed by atoms with Gasteiger partial charge in [0.15, 0.2) is 0 Å². The summed E-state index contributed by atoms with van der Waals surface area (Å²) in [5.41, 5.74) is 15.1. The van der Waals surface area contributed by atoms with Gasteiger partial charge in [-0.3, -0.25) is 0 Å². The van der Waals surface area contributed by atoms with Crippen LogP contribution in [0.5, 0.6) is 0 Å². The molecule has 99 heavy (non-hydrogen) atoms. The van der Waals surface area contributed by atoms with Crippen molar-refractivity contribution in [3.63, 3.8) is 0 Å². The molecule has 12 nitrogen and oxygen atoms in total. The third kappa shape index (κ3) is 16.5. The maximum absolute atomic E-state index is 13.4. The zero-order valence-electron chi connectivity index (χ0n) is 56.6. The topological polar surface area (TPSA) is 158 Å². The number of allylic oxidation sites excluding steroid dienone is 1. The van der Waals surface area contributed by atoms with E-state index in [2.05, 4.69) is 78.5 Å². The number of aromatic nitrogens is 6. The Morgan fingerprint density at radius 2 is 0.848 bits per heavy atom. The summed E-state index contributed by atoms with van der Waals surface area (Å²) < 4.78 is 67.9. The first-order valence-electron chi connectivity index (χ1n) is 35.3. The molecule has 4 heterocycles. The van der Waals surface area contributed by atoms with Crippen LogP contribution in [0.4, 0.5) is 13.2 Å². The fourth-order valence-corrected chi connectivity index (χ4v) is 18.0. The van der Waals surface area contributed by atoms with Crippen LogP contribution in [0.1, 0.15) is 151 Å². The van der Waals surface area contributed by atoms with Gasteiger partial charge < -0.3 is 20.1 Å². The van der Waals surface area contributed by atoms with Gasteiger partial charge in [0.1, 0.15) is 17.5 Å². The van der Waals surface area contributed by atoms with Gasteiger partial charge in [-0.2, -0.15) is 15.3 Å². The first-order chi connectivity index (χ1) is 47.5. The van der Waals surface area contributed by atoms with Gasteiger partial charge in [-0.1, -0.05) is 138 Å². The van der Waals surface area contributed by atoms with E-state index in [-0.39, 0.29) is 66.8 Å². The molecule has 1 aliphatic heterocycles. The van der Waals surface area contributed by atoms with Gasteiger partial charge in [-0.15, -0.1) is 0 Å². The molecule has 0 radical (unpaired) electrons. The second-order valence-electron chi connectivity index (χ2n) is 29.1. The molecule has 0 unspecified atom stereocenters. The van der Waals surface area contributed by atoms with Crippen LogP contribution in [0.3, 0.4) is 0 Å². The van der Waals surface area contributed by atoms with Crippen molar-refractivity contribution in [2.24, 2.45) is 45.8 Å². The van der Waals surface area contributed by atoms with E-state index in [0.717, 1.165) is 126 Å². The monoisotopic (exact) mass is 1530 g/mol. The SMILES string of the molecule is C.C1CCOC1.C[C@]12Cc3cnn(-c4ccc(F)cc4)c3C=C1CCC[C@@H]2[C@@H](O)Cc1ccccc1.C[C@]12Cc3cnn(-c4ccc(F)cc4)c3C[C@@H]1CCC[C@@H]2[C@@H](O)Cc1ccccc1.C[C@]12Cc3cnn(-c4ccc(F)cc4)c3C[C@H]1CCC[C@@H]2[C@@H](O)Cc1ccccc1.[HH].[O]=[Pt]=[O]. The Hall–Kier alpha value is -7.39. The minimum atomic E-state index is -1.92. The van der Waals surface area contributed by atoms with Crippen LogP contribution in [0.15, 0.2) is 188 Å². The molecule has 3 N–H and O–H groups in total. The summed E-state index contributed by atoms with van der Waals surface area (Å²) in [4.78, 5) is 0. The summed E-state index contributed by atoms with van der Waals surface area (Å²) in [7, 11) is 0. The van der Waals surface area contributed by atoms with Crippen molar-refractivity contribution < 1.29 is 59.9 Å². The first-order valence-corrected chi connectivity index (χ1v) is 37.2. The Balaban J connectivity index is 0.000000152. The van der Waals surface area contributed by atoms with E-state index in [0.29, 0.717) is 30.1 Å². The number of nitrogens with zero attached hydrogens (tertiary/aromatic N) is 6. The second-order valence-corrected chi connectivity index (χ2v) is 29.5. The standard InChI is InChI=1S/2C26H29FN2O.C26H27FN2O.C4H8O.CH4.2O.Pt.H2/c3*1-26-16-19-17-28-29(22-12-10-21(27)11-13-22)24(19)15-20(26)8-5-9-23(26)25(30)14-18-6-3-2-4-7-18;1-2-4-5-3-1;;;;;/h2*2-4,6-7,10-13,17,20,23,25,30H,5,8-9,14-16H2,1H3;2-4,6-7,10-13,15,17,23,25,30H,5,8-9,14,16H2,1H3;1-4H2;1H4;;;;1H/t20-,23+,25-,26-;20-,23-,25+,26+;23-,25+,26+;;;;;;/m011....../s1. The molecule has 0 bridgehead atoms. The van der Waals surface area contributed by atoms with Gasteiger partial charge in [0.05, 0.1) is 59.7 Å². The molecule has 6 aliphatic carbocycles. The van der Waals surface area contributed by atoms with Crippen LogP contribution >= 0.6 is 0 Å². The van der Waals surface area contributed by atoms with Gasteiger partial charge in [0.2, 0.25) is 0 Å². The molecule has 1 saturated heterocycles. The summed E-state index contributed by atoms with van der Waals surface area (Å²) in [6, 6.07) is 50.6. The quantitative estimate of drug-likeness (QED) is 0.108. The zero-order chi connectivity index (χ0) is 68.4. The third-order valence-corrected chi connectivity index (χ3v) is 23.2. The number of aliphatic hydroxyl groups excluding tert-OH is 3. The van der Waals surface area contributed by atoms with Crippen LogP contribution in [0, 0.1) is 63.3 Å². The van der Waals surface area contributed by atoms with Crippen molar-refractivity contribution in [1.29, 1.82) is 0 Å². The number of benzene rings is 6. The Kier molecular flexibility index (Phi) is 24.2. The van der Waals surface area contributed by atoms with E-state index in [1.807, 2.05) is 87.2 Å². The Labute approximate surface area is 592 Å². The molecule has 11 atom stereocenters. The number of aliphatic hydroxyl groups is 3. The summed E-state index contributed by atoms with van der Waals surface area (Å²) >= 11 is -1.92. The fraction of sp³-hybridized carbons (Fsp3) is 0.434. The van der Waals surface area contributed by atoms with E-state index in [1.54, 1.807) is 36.4 Å². The van der Waals surface area contributed by atoms with Crippen molar-refractivity contribution in [3.05, 3.63) is 256 Å². The van der Waals surface area contributed by atoms with Gasteiger partial charge in [-0.25, -0.2) is 27.2 Å². The van der Waals surface area contributed by atoms with Gasteiger partial charge in [0, 0.05) is 26.0 Å². The second kappa shape index (κ2) is 32.9. The molecule has 6 aromatic carbocycles. The molecular weight excluding hydrogens is 1430 g/mol. The van der Waals surface area contributed by atoms with E-state index >= 15 is 0 Å². The van der Waals surface area contributed by atoms with Crippen LogP contribution in [0.25, 0.3) is 23.1 Å². The molecule has 0 amide bonds. The number of fused-ring (bicyclic) bond motifs is 6. The van der Waals surface area contributed by atoms with Gasteiger partial charge in [-0.05, 0) is 267 Å². The van der Waals surface area contributed by atoms with Crippen molar-refractivity contribution in [2.45, 2.75) is 169 Å². The maximum atomic E-state index is 13.4. The molecule has 16 heteroatoms. The van der Waals surface area contributed by atoms with Gasteiger partial charge >= 0.3 is 25.3 Å². The molecule has 0 spiro atoms. The van der Waals surface area contributed by atoms with Crippen molar-refractivity contribution in [3.8, 4) is 17.1 Å². The normalized spacial score (nSPS) is 24.8. The predicted octanol–water partition coefficient (Wildman–Crippen LogP) is 17.1. The molecule has 4 fully saturated rings. The predicted molar refractivity (Wildman–Crippen MR) is 379 cm³/mol. The molecular formula is C83H99F3N6O6Pt. The number of hydrogen-bond donors (Lipinski definition) is 3. The third-order valence-electron chi connectivity index (χ3n) is 23.2. The summed E-state index contributed by atoms with van der Waals surface area (Å²) in [6.07, 6.45) is 26.6.